The van der Waals surface area contributed by atoms with Gasteiger partial charge in [-0.2, -0.15) is 0 Å². The van der Waals surface area contributed by atoms with E-state index in [0.29, 0.717) is 22.4 Å². The van der Waals surface area contributed by atoms with Gasteiger partial charge in [0.2, 0.25) is 0 Å². The lowest BCUT2D eigenvalue weighted by molar-refractivity contribution is 0.370. The topological polar surface area (TPSA) is 35.5 Å². The molecule has 0 heterocycles. The first-order valence-corrected chi connectivity index (χ1v) is 13.2. The normalized spacial score (nSPS) is 12.6. The predicted octanol–water partition coefficient (Wildman–Crippen LogP) is 7.19. The number of hydrogen-bond donors (Lipinski definition) is 0. The van der Waals surface area contributed by atoms with Gasteiger partial charge in [-0.1, -0.05) is 84.0 Å². The van der Waals surface area contributed by atoms with Gasteiger partial charge in [0, 0.05) is 16.3 Å². The average Bonchev–Trinajstić information content (AvgIpc) is 2.75. The molecule has 0 N–H and O–H groups in total. The van der Waals surface area contributed by atoms with E-state index in [-0.39, 0.29) is 0 Å². The lowest BCUT2D eigenvalue weighted by atomic mass is 10.0. The van der Waals surface area contributed by atoms with Gasteiger partial charge in [-0.25, -0.2) is 4.79 Å². The molecule has 0 unspecified atom stereocenters. The van der Waals surface area contributed by atoms with E-state index in [2.05, 4.69) is 47.5 Å². The van der Waals surface area contributed by atoms with Gasteiger partial charge in [-0.05, 0) is 34.3 Å². The van der Waals surface area contributed by atoms with Crippen molar-refractivity contribution in [2.24, 2.45) is 0 Å². The molecule has 0 aliphatic carbocycles. The molecule has 31 heavy (non-hydrogen) atoms. The van der Waals surface area contributed by atoms with Gasteiger partial charge < -0.3 is 9.47 Å². The maximum atomic E-state index is 12.8. The third-order valence-corrected chi connectivity index (χ3v) is 13.4. The zero-order valence-corrected chi connectivity index (χ0v) is 21.2. The Balaban J connectivity index is 3.00. The molecule has 3 nitrogen and oxygen atoms in total. The van der Waals surface area contributed by atoms with Gasteiger partial charge in [0.05, 0.1) is 14.2 Å². The van der Waals surface area contributed by atoms with Crippen LogP contribution in [-0.2, 0) is 9.53 Å². The van der Waals surface area contributed by atoms with Crippen LogP contribution in [0.5, 0.6) is 5.75 Å². The molecular weight excluding hydrogens is 400 g/mol. The van der Waals surface area contributed by atoms with Crippen molar-refractivity contribution in [1.29, 1.82) is 0 Å². The Morgan fingerprint density at radius 3 is 1.81 bits per heavy atom. The van der Waals surface area contributed by atoms with E-state index >= 15 is 0 Å². The first-order chi connectivity index (χ1) is 14.7. The monoisotopic (exact) mass is 436 g/mol. The second-order valence-electron chi connectivity index (χ2n) is 8.88. The van der Waals surface area contributed by atoms with Gasteiger partial charge in [-0.3, -0.25) is 0 Å². The zero-order valence-electron chi connectivity index (χ0n) is 20.2. The van der Waals surface area contributed by atoms with E-state index in [1.54, 1.807) is 14.2 Å². The number of hydrogen-bond acceptors (Lipinski definition) is 3. The molecule has 0 bridgehead atoms. The SMILES string of the molecule is CO/C(=C(/C(=C=O)[Si](C(C)C)(C(C)C)C(C)C)c1ccccc1)c1cccc(OC)c1. The quantitative estimate of drug-likeness (QED) is 0.137. The van der Waals surface area contributed by atoms with Crippen molar-refractivity contribution in [3.63, 3.8) is 0 Å². The minimum atomic E-state index is -2.31. The van der Waals surface area contributed by atoms with E-state index in [1.807, 2.05) is 54.6 Å². The molecule has 0 aliphatic heterocycles. The molecule has 0 amide bonds. The highest BCUT2D eigenvalue weighted by Gasteiger charge is 2.49. The number of rotatable bonds is 9. The van der Waals surface area contributed by atoms with Crippen LogP contribution in [0.15, 0.2) is 59.8 Å². The number of carbonyl (C=O) groups excluding carboxylic acids is 1. The first kappa shape index (κ1) is 24.7. The summed E-state index contributed by atoms with van der Waals surface area (Å²) in [5.74, 6) is 3.89. The van der Waals surface area contributed by atoms with Gasteiger partial charge in [-0.15, -0.1) is 0 Å². The van der Waals surface area contributed by atoms with Crippen LogP contribution < -0.4 is 4.74 Å². The molecule has 0 aliphatic rings. The first-order valence-electron chi connectivity index (χ1n) is 11.0. The number of ether oxygens (including phenoxy) is 2. The average molecular weight is 437 g/mol. The second kappa shape index (κ2) is 10.7. The molecule has 4 heteroatoms. The highest BCUT2D eigenvalue weighted by molar-refractivity contribution is 6.93. The standard InChI is InChI=1S/C27H36O3Si/c1-19(2)31(20(3)4,21(5)6)25(18-28)26(22-13-10-9-11-14-22)27(30-8)23-15-12-16-24(17-23)29-7/h9-17,19-21H,1-8H3/b27-26+. The number of allylic oxidation sites excluding steroid dienone is 2. The molecule has 0 saturated heterocycles. The summed E-state index contributed by atoms with van der Waals surface area (Å²) < 4.78 is 11.5. The third-order valence-electron chi connectivity index (χ3n) is 6.48. The highest BCUT2D eigenvalue weighted by Crippen LogP contribution is 2.51. The molecule has 0 saturated carbocycles. The predicted molar refractivity (Wildman–Crippen MR) is 134 cm³/mol. The maximum Gasteiger partial charge on any atom is 0.134 e. The Hall–Kier alpha value is -2.55. The van der Waals surface area contributed by atoms with E-state index in [4.69, 9.17) is 9.47 Å². The Bertz CT molecular complexity index is 930. The fraction of sp³-hybridized carbons (Fsp3) is 0.407. The molecular formula is C27H36O3Si. The minimum Gasteiger partial charge on any atom is -0.497 e. The molecule has 2 aromatic rings. The van der Waals surface area contributed by atoms with Gasteiger partial charge in [0.15, 0.2) is 0 Å². The van der Waals surface area contributed by atoms with Crippen LogP contribution >= 0.6 is 0 Å². The molecule has 0 radical (unpaired) electrons. The minimum absolute atomic E-state index is 0.367. The summed E-state index contributed by atoms with van der Waals surface area (Å²) in [7, 11) is 1.01. The van der Waals surface area contributed by atoms with Crippen molar-refractivity contribution in [2.75, 3.05) is 14.2 Å². The van der Waals surface area contributed by atoms with Crippen LogP contribution in [-0.4, -0.2) is 28.2 Å². The van der Waals surface area contributed by atoms with Gasteiger partial charge in [0.25, 0.3) is 0 Å². The van der Waals surface area contributed by atoms with Crippen molar-refractivity contribution >= 4 is 25.3 Å². The number of methoxy groups -OCH3 is 2. The Labute approximate surface area is 188 Å². The van der Waals surface area contributed by atoms with E-state index in [0.717, 1.165) is 27.6 Å². The molecule has 166 valence electrons. The summed E-state index contributed by atoms with van der Waals surface area (Å²) in [6, 6.07) is 17.9. The lowest BCUT2D eigenvalue weighted by Gasteiger charge is -2.44. The second-order valence-corrected chi connectivity index (χ2v) is 14.7. The van der Waals surface area contributed by atoms with Gasteiger partial charge >= 0.3 is 0 Å². The van der Waals surface area contributed by atoms with Crippen LogP contribution in [0.3, 0.4) is 0 Å². The van der Waals surface area contributed by atoms with E-state index in [9.17, 15) is 4.79 Å². The highest BCUT2D eigenvalue weighted by atomic mass is 28.3. The lowest BCUT2D eigenvalue weighted by Crippen LogP contribution is -2.47. The van der Waals surface area contributed by atoms with Crippen LogP contribution in [0.4, 0.5) is 0 Å². The maximum absolute atomic E-state index is 12.8. The van der Waals surface area contributed by atoms with Crippen LogP contribution in [0.2, 0.25) is 16.6 Å². The summed E-state index contributed by atoms with van der Waals surface area (Å²) in [6.07, 6.45) is 0. The van der Waals surface area contributed by atoms with Crippen LogP contribution in [0.25, 0.3) is 11.3 Å². The molecule has 0 atom stereocenters. The summed E-state index contributed by atoms with van der Waals surface area (Å²) in [5.41, 5.74) is 3.81. The van der Waals surface area contributed by atoms with Crippen LogP contribution in [0, 0.1) is 0 Å². The van der Waals surface area contributed by atoms with E-state index in [1.165, 1.54) is 0 Å². The Morgan fingerprint density at radius 1 is 0.806 bits per heavy atom. The Kier molecular flexibility index (Phi) is 8.49. The molecule has 2 aromatic carbocycles. The summed E-state index contributed by atoms with van der Waals surface area (Å²) in [4.78, 5) is 12.8. The Morgan fingerprint density at radius 2 is 1.35 bits per heavy atom. The fourth-order valence-corrected chi connectivity index (χ4v) is 11.9. The van der Waals surface area contributed by atoms with Crippen LogP contribution in [0.1, 0.15) is 52.7 Å². The third kappa shape index (κ3) is 4.71. The van der Waals surface area contributed by atoms with Crippen molar-refractivity contribution < 1.29 is 14.3 Å². The summed E-state index contributed by atoms with van der Waals surface area (Å²) >= 11 is 0. The van der Waals surface area contributed by atoms with Gasteiger partial charge in [0.1, 0.15) is 25.5 Å². The van der Waals surface area contributed by atoms with Crippen molar-refractivity contribution in [2.45, 2.75) is 58.2 Å². The number of benzene rings is 2. The van der Waals surface area contributed by atoms with E-state index < -0.39 is 8.07 Å². The zero-order chi connectivity index (χ0) is 23.2. The fourth-order valence-electron chi connectivity index (χ4n) is 5.34. The van der Waals surface area contributed by atoms with Crippen molar-refractivity contribution in [3.8, 4) is 5.75 Å². The molecule has 0 fully saturated rings. The molecule has 2 rings (SSSR count). The largest absolute Gasteiger partial charge is 0.497 e. The molecule has 0 aromatic heterocycles. The van der Waals surface area contributed by atoms with Crippen molar-refractivity contribution in [3.05, 3.63) is 70.9 Å². The molecule has 0 spiro atoms. The van der Waals surface area contributed by atoms with Crippen molar-refractivity contribution in [1.82, 2.24) is 0 Å². The summed E-state index contributed by atoms with van der Waals surface area (Å²) in [5, 5.41) is 0.804. The smallest absolute Gasteiger partial charge is 0.134 e. The summed E-state index contributed by atoms with van der Waals surface area (Å²) in [6.45, 7) is 13.5.